The number of hydrogen-bond acceptors (Lipinski definition) is 3. The molecule has 3 aromatic carbocycles. The second-order valence-corrected chi connectivity index (χ2v) is 7.71. The van der Waals surface area contributed by atoms with E-state index < -0.39 is 12.6 Å². The van der Waals surface area contributed by atoms with Crippen LogP contribution in [0.4, 0.5) is 0 Å². The van der Waals surface area contributed by atoms with Crippen LogP contribution < -0.4 is 10.1 Å². The quantitative estimate of drug-likeness (QED) is 0.597. The van der Waals surface area contributed by atoms with Crippen LogP contribution in [0.25, 0.3) is 0 Å². The summed E-state index contributed by atoms with van der Waals surface area (Å²) in [5.74, 6) is -0.794. The predicted molar refractivity (Wildman–Crippen MR) is 118 cm³/mol. The van der Waals surface area contributed by atoms with Gasteiger partial charge in [-0.2, -0.15) is 0 Å². The number of carboxylic acids is 1. The Kier molecular flexibility index (Phi) is 6.32. The van der Waals surface area contributed by atoms with Crippen molar-refractivity contribution in [3.8, 4) is 5.75 Å². The Balaban J connectivity index is 1.61. The number of nitrogens with one attached hydrogen (secondary N) is 1. The van der Waals surface area contributed by atoms with Crippen molar-refractivity contribution in [1.29, 1.82) is 0 Å². The lowest BCUT2D eigenvalue weighted by atomic mass is 9.81. The number of carboxylic acid groups (broad SMARTS) is 1. The number of rotatable bonds is 7. The van der Waals surface area contributed by atoms with Crippen LogP contribution in [0.1, 0.15) is 47.1 Å². The highest BCUT2D eigenvalue weighted by atomic mass is 16.5. The van der Waals surface area contributed by atoms with Crippen LogP contribution in [-0.4, -0.2) is 23.6 Å². The van der Waals surface area contributed by atoms with E-state index >= 15 is 0 Å². The van der Waals surface area contributed by atoms with Crippen molar-refractivity contribution >= 4 is 11.9 Å². The van der Waals surface area contributed by atoms with Crippen molar-refractivity contribution in [2.75, 3.05) is 6.61 Å². The molecule has 0 radical (unpaired) electrons. The van der Waals surface area contributed by atoms with Crippen LogP contribution in [-0.2, 0) is 16.0 Å². The van der Waals surface area contributed by atoms with E-state index in [-0.39, 0.29) is 17.9 Å². The zero-order valence-electron chi connectivity index (χ0n) is 17.2. The van der Waals surface area contributed by atoms with Crippen LogP contribution in [0, 0.1) is 0 Å². The maximum Gasteiger partial charge on any atom is 0.341 e. The molecule has 1 atom stereocenters. The van der Waals surface area contributed by atoms with E-state index in [0.29, 0.717) is 5.75 Å². The van der Waals surface area contributed by atoms with Crippen LogP contribution >= 0.6 is 0 Å². The average Bonchev–Trinajstić information content (AvgIpc) is 2.81. The summed E-state index contributed by atoms with van der Waals surface area (Å²) in [5, 5.41) is 12.2. The summed E-state index contributed by atoms with van der Waals surface area (Å²) in [5.41, 5.74) is 3.91. The van der Waals surface area contributed by atoms with Gasteiger partial charge in [0.15, 0.2) is 6.61 Å². The highest BCUT2D eigenvalue weighted by Crippen LogP contribution is 2.37. The first kappa shape index (κ1) is 20.7. The molecule has 158 valence electrons. The molecule has 0 bridgehead atoms. The van der Waals surface area contributed by atoms with Gasteiger partial charge in [0.25, 0.3) is 0 Å². The predicted octanol–water partition coefficient (Wildman–Crippen LogP) is 4.48. The molecule has 0 fully saturated rings. The number of hydrogen-bond donors (Lipinski definition) is 2. The number of benzene rings is 3. The van der Waals surface area contributed by atoms with Crippen molar-refractivity contribution in [3.63, 3.8) is 0 Å². The summed E-state index contributed by atoms with van der Waals surface area (Å²) in [6.07, 6.45) is 2.37. The molecule has 2 N–H and O–H groups in total. The lowest BCUT2D eigenvalue weighted by molar-refractivity contribution is -0.139. The molecule has 0 heterocycles. The lowest BCUT2D eigenvalue weighted by Gasteiger charge is -2.28. The van der Waals surface area contributed by atoms with Crippen molar-refractivity contribution in [1.82, 2.24) is 5.32 Å². The smallest absolute Gasteiger partial charge is 0.341 e. The summed E-state index contributed by atoms with van der Waals surface area (Å²) in [7, 11) is 0. The third-order valence-electron chi connectivity index (χ3n) is 5.68. The van der Waals surface area contributed by atoms with Gasteiger partial charge in [0, 0.05) is 0 Å². The number of fused-ring (bicyclic) bond motifs is 1. The molecule has 0 saturated heterocycles. The Bertz CT molecular complexity index is 1010. The van der Waals surface area contributed by atoms with E-state index in [4.69, 9.17) is 9.84 Å². The molecule has 0 saturated carbocycles. The van der Waals surface area contributed by atoms with Crippen molar-refractivity contribution in [2.24, 2.45) is 0 Å². The van der Waals surface area contributed by atoms with E-state index in [9.17, 15) is 9.59 Å². The van der Waals surface area contributed by atoms with Gasteiger partial charge >= 0.3 is 5.97 Å². The fourth-order valence-corrected chi connectivity index (χ4v) is 4.26. The first-order valence-corrected chi connectivity index (χ1v) is 10.5. The summed E-state index contributed by atoms with van der Waals surface area (Å²) in [6, 6.07) is 25.2. The molecule has 5 nitrogen and oxygen atoms in total. The molecule has 0 spiro atoms. The van der Waals surface area contributed by atoms with Gasteiger partial charge in [-0.05, 0) is 47.6 Å². The maximum absolute atomic E-state index is 13.4. The van der Waals surface area contributed by atoms with E-state index in [1.165, 1.54) is 0 Å². The largest absolute Gasteiger partial charge is 0.482 e. The van der Waals surface area contributed by atoms with Crippen molar-refractivity contribution < 1.29 is 19.4 Å². The minimum Gasteiger partial charge on any atom is -0.482 e. The number of carbonyl (C=O) groups is 2. The van der Waals surface area contributed by atoms with Gasteiger partial charge < -0.3 is 15.2 Å². The normalized spacial score (nSPS) is 15.2. The second kappa shape index (κ2) is 9.47. The first-order chi connectivity index (χ1) is 15.1. The molecule has 1 unspecified atom stereocenters. The molecule has 5 heteroatoms. The number of aliphatic carboxylic acids is 1. The van der Waals surface area contributed by atoms with E-state index in [1.54, 1.807) is 6.07 Å². The fraction of sp³-hybridized carbons (Fsp3) is 0.231. The summed E-state index contributed by atoms with van der Waals surface area (Å²) < 4.78 is 5.48. The van der Waals surface area contributed by atoms with Gasteiger partial charge in [-0.25, -0.2) is 4.79 Å². The van der Waals surface area contributed by atoms with Crippen LogP contribution in [0.3, 0.4) is 0 Å². The van der Waals surface area contributed by atoms with Crippen LogP contribution in [0.15, 0.2) is 78.9 Å². The molecular weight excluding hydrogens is 390 g/mol. The van der Waals surface area contributed by atoms with E-state index in [1.807, 2.05) is 72.8 Å². The molecule has 0 aromatic heterocycles. The van der Waals surface area contributed by atoms with Gasteiger partial charge in [0.1, 0.15) is 5.75 Å². The highest BCUT2D eigenvalue weighted by Gasteiger charge is 2.30. The Morgan fingerprint density at radius 3 is 2.19 bits per heavy atom. The molecule has 1 amide bonds. The fourth-order valence-electron chi connectivity index (χ4n) is 4.26. The van der Waals surface area contributed by atoms with E-state index in [0.717, 1.165) is 41.5 Å². The maximum atomic E-state index is 13.4. The number of carbonyl (C=O) groups excluding carboxylic acids is 1. The van der Waals surface area contributed by atoms with Gasteiger partial charge in [-0.15, -0.1) is 0 Å². The highest BCUT2D eigenvalue weighted by molar-refractivity contribution is 5.85. The zero-order chi connectivity index (χ0) is 21.6. The molecule has 4 rings (SSSR count). The Morgan fingerprint density at radius 2 is 1.58 bits per heavy atom. The van der Waals surface area contributed by atoms with Gasteiger partial charge in [-0.1, -0.05) is 72.8 Å². The zero-order valence-corrected chi connectivity index (χ0v) is 17.2. The SMILES string of the molecule is O=C(O)COc1cccc2c1CCCC2C(=O)NC(c1ccccc1)c1ccccc1. The third-order valence-corrected chi connectivity index (χ3v) is 5.68. The van der Waals surface area contributed by atoms with Crippen LogP contribution in [0.5, 0.6) is 5.75 Å². The lowest BCUT2D eigenvalue weighted by Crippen LogP contribution is -2.35. The molecule has 0 aliphatic heterocycles. The summed E-state index contributed by atoms with van der Waals surface area (Å²) in [4.78, 5) is 24.4. The van der Waals surface area contributed by atoms with E-state index in [2.05, 4.69) is 5.32 Å². The van der Waals surface area contributed by atoms with Crippen molar-refractivity contribution in [3.05, 3.63) is 101 Å². The second-order valence-electron chi connectivity index (χ2n) is 7.71. The van der Waals surface area contributed by atoms with Gasteiger partial charge in [0.2, 0.25) is 5.91 Å². The Hall–Kier alpha value is -3.60. The summed E-state index contributed by atoms with van der Waals surface area (Å²) >= 11 is 0. The van der Waals surface area contributed by atoms with Crippen molar-refractivity contribution in [2.45, 2.75) is 31.2 Å². The molecular formula is C26H25NO4. The van der Waals surface area contributed by atoms with Gasteiger partial charge in [0.05, 0.1) is 12.0 Å². The minimum absolute atomic E-state index is 0.0333. The Morgan fingerprint density at radius 1 is 0.935 bits per heavy atom. The molecule has 31 heavy (non-hydrogen) atoms. The first-order valence-electron chi connectivity index (χ1n) is 10.5. The number of amides is 1. The van der Waals surface area contributed by atoms with Gasteiger partial charge in [-0.3, -0.25) is 4.79 Å². The number of ether oxygens (including phenoxy) is 1. The molecule has 1 aliphatic carbocycles. The molecule has 1 aliphatic rings. The standard InChI is InChI=1S/C26H25NO4/c28-24(29)17-31-23-16-8-13-20-21(23)14-7-15-22(20)26(30)27-25(18-9-3-1-4-10-18)19-11-5-2-6-12-19/h1-6,8-13,16,22,25H,7,14-15,17H2,(H,27,30)(H,28,29). The average molecular weight is 415 g/mol. The monoisotopic (exact) mass is 415 g/mol. The summed E-state index contributed by atoms with van der Waals surface area (Å²) in [6.45, 7) is -0.391. The molecule has 3 aromatic rings. The topological polar surface area (TPSA) is 75.6 Å². The minimum atomic E-state index is -1.02. The van der Waals surface area contributed by atoms with Crippen LogP contribution in [0.2, 0.25) is 0 Å². The Labute approximate surface area is 181 Å². The third kappa shape index (κ3) is 4.77.